The smallest absolute Gasteiger partial charge is 0.227 e. The van der Waals surface area contributed by atoms with Crippen molar-refractivity contribution in [2.24, 2.45) is 5.92 Å². The van der Waals surface area contributed by atoms with Crippen LogP contribution in [0.5, 0.6) is 0 Å². The Bertz CT molecular complexity index is 629. The lowest BCUT2D eigenvalue weighted by atomic mass is 9.99. The summed E-state index contributed by atoms with van der Waals surface area (Å²) in [6, 6.07) is 2.61. The quantitative estimate of drug-likeness (QED) is 0.783. The molecule has 3 rings (SSSR count). The number of amides is 1. The van der Waals surface area contributed by atoms with Gasteiger partial charge in [0.15, 0.2) is 0 Å². The Morgan fingerprint density at radius 2 is 1.89 bits per heavy atom. The molecule has 3 heterocycles. The number of rotatable bonds is 4. The lowest BCUT2D eigenvalue weighted by molar-refractivity contribution is -0.136. The number of hydrogen-bond donors (Lipinski definition) is 0. The molecule has 0 spiro atoms. The molecule has 27 heavy (non-hydrogen) atoms. The van der Waals surface area contributed by atoms with Crippen LogP contribution in [0, 0.1) is 5.92 Å². The van der Waals surface area contributed by atoms with E-state index in [1.807, 2.05) is 0 Å². The molecule has 0 saturated carbocycles. The summed E-state index contributed by atoms with van der Waals surface area (Å²) in [5, 5.41) is 0. The topological polar surface area (TPSA) is 55.8 Å². The van der Waals surface area contributed by atoms with E-state index in [1.165, 1.54) is 0 Å². The molecule has 7 heteroatoms. The summed E-state index contributed by atoms with van der Waals surface area (Å²) in [4.78, 5) is 30.8. The third-order valence-electron chi connectivity index (χ3n) is 5.97. The molecule has 2 atom stereocenters. The normalized spacial score (nSPS) is 24.9. The molecular formula is C20H34N6O. The number of likely N-dealkylation sites (N-methyl/N-ethyl adjacent to an activating group) is 2. The number of aromatic nitrogens is 2. The van der Waals surface area contributed by atoms with Crippen LogP contribution < -0.4 is 4.90 Å². The van der Waals surface area contributed by atoms with Crippen molar-refractivity contribution in [3.63, 3.8) is 0 Å². The van der Waals surface area contributed by atoms with Gasteiger partial charge in [0.1, 0.15) is 12.1 Å². The van der Waals surface area contributed by atoms with Crippen molar-refractivity contribution in [3.8, 4) is 0 Å². The molecule has 0 radical (unpaired) electrons. The van der Waals surface area contributed by atoms with Crippen molar-refractivity contribution < 1.29 is 4.79 Å². The van der Waals surface area contributed by atoms with Gasteiger partial charge in [0.05, 0.1) is 5.92 Å². The van der Waals surface area contributed by atoms with Gasteiger partial charge in [-0.05, 0) is 40.4 Å². The van der Waals surface area contributed by atoms with Crippen LogP contribution in [0.3, 0.4) is 0 Å². The van der Waals surface area contributed by atoms with Gasteiger partial charge in [0.2, 0.25) is 5.91 Å². The van der Waals surface area contributed by atoms with Crippen LogP contribution in [0.1, 0.15) is 25.5 Å². The Morgan fingerprint density at radius 1 is 1.15 bits per heavy atom. The van der Waals surface area contributed by atoms with Crippen LogP contribution in [-0.4, -0.2) is 97.0 Å². The largest absolute Gasteiger partial charge is 0.353 e. The monoisotopic (exact) mass is 374 g/mol. The fraction of sp³-hybridized carbons (Fsp3) is 0.750. The Morgan fingerprint density at radius 3 is 2.56 bits per heavy atom. The van der Waals surface area contributed by atoms with Gasteiger partial charge in [-0.3, -0.25) is 4.79 Å². The Hall–Kier alpha value is -1.73. The molecule has 1 aromatic rings. The molecule has 1 amide bonds. The van der Waals surface area contributed by atoms with Gasteiger partial charge < -0.3 is 19.6 Å². The predicted molar refractivity (Wildman–Crippen MR) is 108 cm³/mol. The highest BCUT2D eigenvalue weighted by Crippen LogP contribution is 2.22. The number of hydrogen-bond acceptors (Lipinski definition) is 6. The van der Waals surface area contributed by atoms with Gasteiger partial charge in [0.25, 0.3) is 0 Å². The summed E-state index contributed by atoms with van der Waals surface area (Å²) in [5.41, 5.74) is 1.07. The van der Waals surface area contributed by atoms with Crippen molar-refractivity contribution in [3.05, 3.63) is 18.1 Å². The Kier molecular flexibility index (Phi) is 6.65. The SMILES string of the molecule is CCc1cc(N2CCN(C(=O)[C@@H]3CC[C@H](N(C)C)CN(C)C3)CC2)ncn1. The van der Waals surface area contributed by atoms with E-state index in [1.54, 1.807) is 6.33 Å². The van der Waals surface area contributed by atoms with Crippen LogP contribution in [0.15, 0.2) is 12.4 Å². The summed E-state index contributed by atoms with van der Waals surface area (Å²) in [6.07, 6.45) is 4.64. The Balaban J connectivity index is 1.56. The van der Waals surface area contributed by atoms with Crippen LogP contribution in [0.4, 0.5) is 5.82 Å². The number of piperazine rings is 1. The van der Waals surface area contributed by atoms with Crippen molar-refractivity contribution in [1.82, 2.24) is 24.7 Å². The molecular weight excluding hydrogens is 340 g/mol. The zero-order valence-electron chi connectivity index (χ0n) is 17.3. The van der Waals surface area contributed by atoms with Gasteiger partial charge in [-0.15, -0.1) is 0 Å². The molecule has 7 nitrogen and oxygen atoms in total. The lowest BCUT2D eigenvalue weighted by Gasteiger charge is -2.37. The molecule has 0 bridgehead atoms. The fourth-order valence-corrected chi connectivity index (χ4v) is 4.18. The highest BCUT2D eigenvalue weighted by molar-refractivity contribution is 5.79. The van der Waals surface area contributed by atoms with Crippen LogP contribution in [0.2, 0.25) is 0 Å². The fourth-order valence-electron chi connectivity index (χ4n) is 4.18. The zero-order valence-corrected chi connectivity index (χ0v) is 17.3. The van der Waals surface area contributed by atoms with Gasteiger partial charge in [-0.2, -0.15) is 0 Å². The second-order valence-electron chi connectivity index (χ2n) is 8.15. The van der Waals surface area contributed by atoms with Gasteiger partial charge in [0, 0.05) is 57.1 Å². The first-order valence-electron chi connectivity index (χ1n) is 10.2. The summed E-state index contributed by atoms with van der Waals surface area (Å²) in [7, 11) is 6.41. The van der Waals surface area contributed by atoms with Crippen LogP contribution in [0.25, 0.3) is 0 Å². The number of carbonyl (C=O) groups is 1. The molecule has 0 aliphatic carbocycles. The number of aryl methyl sites for hydroxylation is 1. The molecule has 2 aliphatic rings. The highest BCUT2D eigenvalue weighted by Gasteiger charge is 2.32. The number of carbonyl (C=O) groups excluding carboxylic acids is 1. The third kappa shape index (κ3) is 4.96. The minimum Gasteiger partial charge on any atom is -0.353 e. The number of likely N-dealkylation sites (tertiary alicyclic amines) is 1. The van der Waals surface area contributed by atoms with E-state index in [-0.39, 0.29) is 5.92 Å². The third-order valence-corrected chi connectivity index (χ3v) is 5.97. The predicted octanol–water partition coefficient (Wildman–Crippen LogP) is 0.960. The second-order valence-corrected chi connectivity index (χ2v) is 8.15. The van der Waals surface area contributed by atoms with E-state index in [0.29, 0.717) is 11.9 Å². The second kappa shape index (κ2) is 8.97. The van der Waals surface area contributed by atoms with E-state index < -0.39 is 0 Å². The average molecular weight is 375 g/mol. The molecule has 2 fully saturated rings. The van der Waals surface area contributed by atoms with Crippen molar-refractivity contribution in [1.29, 1.82) is 0 Å². The first-order valence-corrected chi connectivity index (χ1v) is 10.2. The van der Waals surface area contributed by atoms with Gasteiger partial charge >= 0.3 is 0 Å². The Labute approximate surface area is 163 Å². The first kappa shape index (κ1) is 20.0. The minimum absolute atomic E-state index is 0.122. The lowest BCUT2D eigenvalue weighted by Crippen LogP contribution is -2.51. The summed E-state index contributed by atoms with van der Waals surface area (Å²) in [5.74, 6) is 1.44. The molecule has 2 aliphatic heterocycles. The molecule has 0 N–H and O–H groups in total. The van der Waals surface area contributed by atoms with E-state index >= 15 is 0 Å². The van der Waals surface area contributed by atoms with Gasteiger partial charge in [-0.25, -0.2) is 9.97 Å². The van der Waals surface area contributed by atoms with E-state index in [4.69, 9.17) is 0 Å². The highest BCUT2D eigenvalue weighted by atomic mass is 16.2. The molecule has 1 aromatic heterocycles. The summed E-state index contributed by atoms with van der Waals surface area (Å²) < 4.78 is 0. The molecule has 150 valence electrons. The van der Waals surface area contributed by atoms with E-state index in [9.17, 15) is 4.79 Å². The number of anilines is 1. The maximum Gasteiger partial charge on any atom is 0.227 e. The van der Waals surface area contributed by atoms with E-state index in [0.717, 1.165) is 70.0 Å². The molecule has 2 saturated heterocycles. The van der Waals surface area contributed by atoms with Crippen LogP contribution >= 0.6 is 0 Å². The zero-order chi connectivity index (χ0) is 19.4. The maximum absolute atomic E-state index is 13.1. The maximum atomic E-state index is 13.1. The first-order chi connectivity index (χ1) is 13.0. The summed E-state index contributed by atoms with van der Waals surface area (Å²) >= 11 is 0. The minimum atomic E-state index is 0.122. The average Bonchev–Trinajstić information content (AvgIpc) is 2.89. The number of nitrogens with zero attached hydrogens (tertiary/aromatic N) is 6. The van der Waals surface area contributed by atoms with Crippen molar-refractivity contribution in [2.45, 2.75) is 32.2 Å². The van der Waals surface area contributed by atoms with Crippen molar-refractivity contribution in [2.75, 3.05) is 65.3 Å². The van der Waals surface area contributed by atoms with Gasteiger partial charge in [-0.1, -0.05) is 6.92 Å². The van der Waals surface area contributed by atoms with E-state index in [2.05, 4.69) is 63.7 Å². The standard InChI is InChI=1S/C20H34N6O/c1-5-17-12-19(22-15-21-17)25-8-10-26(11-9-25)20(27)16-6-7-18(23(2)3)14-24(4)13-16/h12,15-16,18H,5-11,13-14H2,1-4H3/t16-,18+/m1/s1. The summed E-state index contributed by atoms with van der Waals surface area (Å²) in [6.45, 7) is 7.26. The van der Waals surface area contributed by atoms with Crippen molar-refractivity contribution >= 4 is 11.7 Å². The molecule has 0 aromatic carbocycles. The molecule has 0 unspecified atom stereocenters. The van der Waals surface area contributed by atoms with Crippen LogP contribution in [-0.2, 0) is 11.2 Å².